The summed E-state index contributed by atoms with van der Waals surface area (Å²) in [6.45, 7) is 0. The highest BCUT2D eigenvalue weighted by atomic mass is 16.4. The lowest BCUT2D eigenvalue weighted by Crippen LogP contribution is -1.95. The molecule has 0 saturated heterocycles. The second kappa shape index (κ2) is 2.78. The predicted octanol–water partition coefficient (Wildman–Crippen LogP) is 1.63. The van der Waals surface area contributed by atoms with Crippen molar-refractivity contribution in [3.63, 3.8) is 0 Å². The molecule has 0 fully saturated rings. The van der Waals surface area contributed by atoms with Gasteiger partial charge >= 0.3 is 5.97 Å². The number of furan rings is 1. The monoisotopic (exact) mass is 179 g/mol. The van der Waals surface area contributed by atoms with Gasteiger partial charge in [0.2, 0.25) is 5.89 Å². The molecule has 0 aliphatic rings. The molecule has 2 aromatic heterocycles. The molecule has 2 rings (SSSR count). The molecule has 66 valence electrons. The van der Waals surface area contributed by atoms with E-state index in [-0.39, 0.29) is 11.6 Å². The first kappa shape index (κ1) is 7.60. The van der Waals surface area contributed by atoms with Crippen LogP contribution < -0.4 is 0 Å². The Morgan fingerprint density at radius 2 is 2.31 bits per heavy atom. The minimum Gasteiger partial charge on any atom is -0.476 e. The molecule has 0 atom stereocenters. The van der Waals surface area contributed by atoms with Gasteiger partial charge in [-0.05, 0) is 6.07 Å². The van der Waals surface area contributed by atoms with Gasteiger partial charge in [-0.15, -0.1) is 0 Å². The van der Waals surface area contributed by atoms with Crippen LogP contribution in [0.25, 0.3) is 11.5 Å². The number of carboxylic acid groups (broad SMARTS) is 1. The molecule has 0 unspecified atom stereocenters. The molecule has 0 spiro atoms. The molecule has 0 saturated carbocycles. The van der Waals surface area contributed by atoms with Gasteiger partial charge in [0.15, 0.2) is 5.69 Å². The van der Waals surface area contributed by atoms with Crippen molar-refractivity contribution in [2.75, 3.05) is 0 Å². The molecular formula is C8H5NO4. The predicted molar refractivity (Wildman–Crippen MR) is 41.2 cm³/mol. The van der Waals surface area contributed by atoms with Gasteiger partial charge in [-0.3, -0.25) is 0 Å². The Labute approximate surface area is 72.6 Å². The highest BCUT2D eigenvalue weighted by Crippen LogP contribution is 2.18. The number of hydrogen-bond donors (Lipinski definition) is 1. The van der Waals surface area contributed by atoms with Crippen molar-refractivity contribution in [3.8, 4) is 11.5 Å². The minimum atomic E-state index is -1.11. The van der Waals surface area contributed by atoms with Crippen LogP contribution in [0, 0.1) is 0 Å². The fourth-order valence-electron chi connectivity index (χ4n) is 0.891. The van der Waals surface area contributed by atoms with E-state index < -0.39 is 5.97 Å². The SMILES string of the molecule is O=C(O)c1coc(-c2ccoc2)n1. The molecule has 0 bridgehead atoms. The maximum atomic E-state index is 10.4. The number of aromatic carboxylic acids is 1. The fourth-order valence-corrected chi connectivity index (χ4v) is 0.891. The second-order valence-corrected chi connectivity index (χ2v) is 2.36. The lowest BCUT2D eigenvalue weighted by Gasteiger charge is -1.83. The lowest BCUT2D eigenvalue weighted by atomic mass is 10.3. The summed E-state index contributed by atoms with van der Waals surface area (Å²) in [6, 6.07) is 1.64. The summed E-state index contributed by atoms with van der Waals surface area (Å²) in [4.78, 5) is 14.2. The zero-order valence-corrected chi connectivity index (χ0v) is 6.43. The van der Waals surface area contributed by atoms with Gasteiger partial charge in [0.1, 0.15) is 12.5 Å². The lowest BCUT2D eigenvalue weighted by molar-refractivity contribution is 0.0690. The Morgan fingerprint density at radius 1 is 1.46 bits per heavy atom. The summed E-state index contributed by atoms with van der Waals surface area (Å²) in [5.41, 5.74) is 0.503. The van der Waals surface area contributed by atoms with Crippen LogP contribution in [0.15, 0.2) is 33.7 Å². The van der Waals surface area contributed by atoms with Crippen LogP contribution in [0.4, 0.5) is 0 Å². The largest absolute Gasteiger partial charge is 0.476 e. The van der Waals surface area contributed by atoms with Gasteiger partial charge in [-0.25, -0.2) is 9.78 Å². The van der Waals surface area contributed by atoms with E-state index >= 15 is 0 Å². The van der Waals surface area contributed by atoms with E-state index in [1.54, 1.807) is 6.07 Å². The van der Waals surface area contributed by atoms with E-state index in [1.807, 2.05) is 0 Å². The summed E-state index contributed by atoms with van der Waals surface area (Å²) in [6.07, 6.45) is 3.97. The fraction of sp³-hybridized carbons (Fsp3) is 0. The number of rotatable bonds is 2. The van der Waals surface area contributed by atoms with Crippen LogP contribution in [0.5, 0.6) is 0 Å². The van der Waals surface area contributed by atoms with E-state index in [2.05, 4.69) is 4.98 Å². The molecule has 0 aliphatic heterocycles. The van der Waals surface area contributed by atoms with Crippen molar-refractivity contribution in [2.24, 2.45) is 0 Å². The number of oxazole rings is 1. The highest BCUT2D eigenvalue weighted by molar-refractivity contribution is 5.85. The molecule has 2 aromatic rings. The Balaban J connectivity index is 2.39. The standard InChI is InChI=1S/C8H5NO4/c10-8(11)6-4-13-7(9-6)5-1-2-12-3-5/h1-4H,(H,10,11). The third kappa shape index (κ3) is 1.31. The number of nitrogens with zero attached hydrogens (tertiary/aromatic N) is 1. The van der Waals surface area contributed by atoms with Gasteiger partial charge in [0.25, 0.3) is 0 Å². The molecule has 5 heteroatoms. The first-order valence-electron chi connectivity index (χ1n) is 3.49. The molecule has 0 amide bonds. The average Bonchev–Trinajstić information content (AvgIpc) is 2.75. The van der Waals surface area contributed by atoms with Crippen molar-refractivity contribution >= 4 is 5.97 Å². The van der Waals surface area contributed by atoms with Crippen LogP contribution in [-0.2, 0) is 0 Å². The summed E-state index contributed by atoms with van der Waals surface area (Å²) in [7, 11) is 0. The van der Waals surface area contributed by atoms with E-state index in [4.69, 9.17) is 13.9 Å². The van der Waals surface area contributed by atoms with Crippen LogP contribution in [0.2, 0.25) is 0 Å². The van der Waals surface area contributed by atoms with E-state index in [9.17, 15) is 4.79 Å². The van der Waals surface area contributed by atoms with Gasteiger partial charge in [0, 0.05) is 0 Å². The maximum absolute atomic E-state index is 10.4. The molecule has 0 aliphatic carbocycles. The second-order valence-electron chi connectivity index (χ2n) is 2.36. The molecule has 5 nitrogen and oxygen atoms in total. The van der Waals surface area contributed by atoms with Crippen LogP contribution in [-0.4, -0.2) is 16.1 Å². The zero-order chi connectivity index (χ0) is 9.26. The molecule has 0 aromatic carbocycles. The van der Waals surface area contributed by atoms with Gasteiger partial charge in [-0.2, -0.15) is 0 Å². The Morgan fingerprint density at radius 3 is 2.85 bits per heavy atom. The molecule has 13 heavy (non-hydrogen) atoms. The molecule has 0 radical (unpaired) electrons. The average molecular weight is 179 g/mol. The van der Waals surface area contributed by atoms with E-state index in [0.717, 1.165) is 6.26 Å². The molecule has 2 heterocycles. The third-order valence-electron chi connectivity index (χ3n) is 1.49. The van der Waals surface area contributed by atoms with Crippen LogP contribution in [0.3, 0.4) is 0 Å². The molecule has 1 N–H and O–H groups in total. The smallest absolute Gasteiger partial charge is 0.357 e. The van der Waals surface area contributed by atoms with Crippen molar-refractivity contribution in [1.29, 1.82) is 0 Å². The van der Waals surface area contributed by atoms with Gasteiger partial charge < -0.3 is 13.9 Å². The summed E-state index contributed by atoms with van der Waals surface area (Å²) >= 11 is 0. The summed E-state index contributed by atoms with van der Waals surface area (Å²) in [5.74, 6) is -0.871. The normalized spacial score (nSPS) is 10.2. The maximum Gasteiger partial charge on any atom is 0.357 e. The Hall–Kier alpha value is -2.04. The topological polar surface area (TPSA) is 76.5 Å². The van der Waals surface area contributed by atoms with E-state index in [1.165, 1.54) is 12.5 Å². The number of carbonyl (C=O) groups is 1. The van der Waals surface area contributed by atoms with Crippen molar-refractivity contribution in [1.82, 2.24) is 4.98 Å². The van der Waals surface area contributed by atoms with Crippen LogP contribution >= 0.6 is 0 Å². The summed E-state index contributed by atoms with van der Waals surface area (Å²) in [5, 5.41) is 8.55. The summed E-state index contributed by atoms with van der Waals surface area (Å²) < 4.78 is 9.71. The van der Waals surface area contributed by atoms with E-state index in [0.29, 0.717) is 5.56 Å². The van der Waals surface area contributed by atoms with Crippen molar-refractivity contribution in [2.45, 2.75) is 0 Å². The highest BCUT2D eigenvalue weighted by Gasteiger charge is 2.11. The number of hydrogen-bond acceptors (Lipinski definition) is 4. The van der Waals surface area contributed by atoms with Crippen molar-refractivity contribution in [3.05, 3.63) is 30.5 Å². The minimum absolute atomic E-state index is 0.115. The number of carboxylic acids is 1. The quantitative estimate of drug-likeness (QED) is 0.758. The first-order valence-corrected chi connectivity index (χ1v) is 3.49. The Kier molecular flexibility index (Phi) is 1.63. The number of aromatic nitrogens is 1. The first-order chi connectivity index (χ1) is 6.27. The molecular weight excluding hydrogens is 174 g/mol. The third-order valence-corrected chi connectivity index (χ3v) is 1.49. The van der Waals surface area contributed by atoms with Crippen LogP contribution in [0.1, 0.15) is 10.5 Å². The van der Waals surface area contributed by atoms with Gasteiger partial charge in [-0.1, -0.05) is 0 Å². The van der Waals surface area contributed by atoms with Crippen molar-refractivity contribution < 1.29 is 18.7 Å². The zero-order valence-electron chi connectivity index (χ0n) is 6.43. The van der Waals surface area contributed by atoms with Gasteiger partial charge in [0.05, 0.1) is 11.8 Å². The Bertz CT molecular complexity index is 415.